The van der Waals surface area contributed by atoms with E-state index in [0.717, 1.165) is 0 Å². The summed E-state index contributed by atoms with van der Waals surface area (Å²) in [5.74, 6) is -1.60. The molecular weight excluding hydrogens is 266 g/mol. The van der Waals surface area contributed by atoms with Crippen molar-refractivity contribution in [3.63, 3.8) is 0 Å². The average Bonchev–Trinajstić information content (AvgIpc) is 2.33. The van der Waals surface area contributed by atoms with Crippen LogP contribution in [0.5, 0.6) is 0 Å². The van der Waals surface area contributed by atoms with Gasteiger partial charge in [0, 0.05) is 13.7 Å². The number of methoxy groups -OCH3 is 1. The van der Waals surface area contributed by atoms with Gasteiger partial charge in [0.25, 0.3) is 0 Å². The number of amides is 1. The van der Waals surface area contributed by atoms with Crippen LogP contribution in [0, 0.1) is 5.92 Å². The van der Waals surface area contributed by atoms with Gasteiger partial charge in [-0.1, -0.05) is 0 Å². The molecule has 116 valence electrons. The first-order chi connectivity index (χ1) is 9.23. The molecule has 0 aromatic carbocycles. The van der Waals surface area contributed by atoms with Crippen molar-refractivity contribution in [2.24, 2.45) is 5.92 Å². The summed E-state index contributed by atoms with van der Waals surface area (Å²) in [6.07, 6.45) is -0.523. The molecule has 2 atom stereocenters. The van der Waals surface area contributed by atoms with Gasteiger partial charge in [-0.25, -0.2) is 4.79 Å². The SMILES string of the molecule is COCO[C@H]1C[C@@H](C(=O)O)CN(C(=O)OC(C)(C)C)C1. The maximum Gasteiger partial charge on any atom is 0.410 e. The molecule has 0 aromatic heterocycles. The summed E-state index contributed by atoms with van der Waals surface area (Å²) in [5, 5.41) is 9.15. The maximum absolute atomic E-state index is 12.0. The third kappa shape index (κ3) is 5.34. The van der Waals surface area contributed by atoms with Gasteiger partial charge in [0.1, 0.15) is 12.4 Å². The van der Waals surface area contributed by atoms with E-state index >= 15 is 0 Å². The third-order valence-electron chi connectivity index (χ3n) is 2.83. The molecule has 1 heterocycles. The van der Waals surface area contributed by atoms with Gasteiger partial charge in [0.15, 0.2) is 0 Å². The number of carboxylic acid groups (broad SMARTS) is 1. The zero-order chi connectivity index (χ0) is 15.3. The number of piperidine rings is 1. The average molecular weight is 289 g/mol. The first-order valence-electron chi connectivity index (χ1n) is 6.54. The Labute approximate surface area is 118 Å². The summed E-state index contributed by atoms with van der Waals surface area (Å²) < 4.78 is 15.5. The highest BCUT2D eigenvalue weighted by Gasteiger charge is 2.36. The number of carbonyl (C=O) groups excluding carboxylic acids is 1. The number of likely N-dealkylation sites (tertiary alicyclic amines) is 1. The molecule has 20 heavy (non-hydrogen) atoms. The van der Waals surface area contributed by atoms with Crippen molar-refractivity contribution in [1.29, 1.82) is 0 Å². The molecular formula is C13H23NO6. The molecule has 0 aromatic rings. The van der Waals surface area contributed by atoms with Crippen molar-refractivity contribution < 1.29 is 28.9 Å². The van der Waals surface area contributed by atoms with Crippen LogP contribution in [0.4, 0.5) is 4.79 Å². The zero-order valence-corrected chi connectivity index (χ0v) is 12.4. The topological polar surface area (TPSA) is 85.3 Å². The third-order valence-corrected chi connectivity index (χ3v) is 2.83. The minimum absolute atomic E-state index is 0.0686. The summed E-state index contributed by atoms with van der Waals surface area (Å²) >= 11 is 0. The van der Waals surface area contributed by atoms with Crippen LogP contribution in [0.3, 0.4) is 0 Å². The van der Waals surface area contributed by atoms with Crippen LogP contribution < -0.4 is 0 Å². The first kappa shape index (κ1) is 16.7. The Morgan fingerprint density at radius 3 is 2.45 bits per heavy atom. The summed E-state index contributed by atoms with van der Waals surface area (Å²) in [6.45, 7) is 5.81. The molecule has 1 aliphatic rings. The normalized spacial score (nSPS) is 23.5. The van der Waals surface area contributed by atoms with E-state index in [1.54, 1.807) is 20.8 Å². The number of rotatable bonds is 4. The van der Waals surface area contributed by atoms with Gasteiger partial charge in [0.2, 0.25) is 0 Å². The summed E-state index contributed by atoms with van der Waals surface area (Å²) in [4.78, 5) is 24.6. The fourth-order valence-corrected chi connectivity index (χ4v) is 1.99. The van der Waals surface area contributed by atoms with E-state index in [1.165, 1.54) is 12.0 Å². The molecule has 0 aliphatic carbocycles. The largest absolute Gasteiger partial charge is 0.481 e. The van der Waals surface area contributed by atoms with Crippen LogP contribution in [-0.4, -0.2) is 60.8 Å². The first-order valence-corrected chi connectivity index (χ1v) is 6.54. The van der Waals surface area contributed by atoms with Gasteiger partial charge in [-0.05, 0) is 27.2 Å². The predicted octanol–water partition coefficient (Wildman–Crippen LogP) is 1.32. The molecule has 1 aliphatic heterocycles. The zero-order valence-electron chi connectivity index (χ0n) is 12.4. The van der Waals surface area contributed by atoms with Crippen molar-refractivity contribution >= 4 is 12.1 Å². The lowest BCUT2D eigenvalue weighted by atomic mass is 9.96. The van der Waals surface area contributed by atoms with Crippen molar-refractivity contribution in [3.05, 3.63) is 0 Å². The summed E-state index contributed by atoms with van der Waals surface area (Å²) in [5.41, 5.74) is -0.615. The second kappa shape index (κ2) is 6.90. The Morgan fingerprint density at radius 2 is 1.95 bits per heavy atom. The van der Waals surface area contributed by atoms with Crippen molar-refractivity contribution in [2.45, 2.75) is 38.9 Å². The monoisotopic (exact) mass is 289 g/mol. The molecule has 0 spiro atoms. The maximum atomic E-state index is 12.0. The lowest BCUT2D eigenvalue weighted by Gasteiger charge is -2.36. The number of ether oxygens (including phenoxy) is 3. The molecule has 7 nitrogen and oxygen atoms in total. The smallest absolute Gasteiger partial charge is 0.410 e. The number of carbonyl (C=O) groups is 2. The van der Waals surface area contributed by atoms with Crippen LogP contribution in [-0.2, 0) is 19.0 Å². The molecule has 0 unspecified atom stereocenters. The van der Waals surface area contributed by atoms with Crippen LogP contribution in [0.1, 0.15) is 27.2 Å². The number of nitrogens with zero attached hydrogens (tertiary/aromatic N) is 1. The lowest BCUT2D eigenvalue weighted by Crippen LogP contribution is -2.50. The Kier molecular flexibility index (Phi) is 5.76. The van der Waals surface area contributed by atoms with E-state index in [2.05, 4.69) is 0 Å². The number of hydrogen-bond acceptors (Lipinski definition) is 5. The highest BCUT2D eigenvalue weighted by Crippen LogP contribution is 2.22. The Bertz CT molecular complexity index is 351. The van der Waals surface area contributed by atoms with E-state index in [-0.39, 0.29) is 19.4 Å². The Balaban J connectivity index is 2.68. The predicted molar refractivity (Wildman–Crippen MR) is 70.3 cm³/mol. The highest BCUT2D eigenvalue weighted by molar-refractivity contribution is 5.73. The Morgan fingerprint density at radius 1 is 1.30 bits per heavy atom. The second-order valence-corrected chi connectivity index (χ2v) is 5.85. The van der Waals surface area contributed by atoms with E-state index in [1.807, 2.05) is 0 Å². The van der Waals surface area contributed by atoms with Crippen molar-refractivity contribution in [2.75, 3.05) is 27.0 Å². The van der Waals surface area contributed by atoms with E-state index in [0.29, 0.717) is 13.0 Å². The van der Waals surface area contributed by atoms with E-state index < -0.39 is 23.6 Å². The van der Waals surface area contributed by atoms with Gasteiger partial charge in [0.05, 0.1) is 18.6 Å². The molecule has 1 rings (SSSR count). The molecule has 0 saturated carbocycles. The quantitative estimate of drug-likeness (QED) is 0.786. The molecule has 0 radical (unpaired) electrons. The molecule has 1 saturated heterocycles. The molecule has 0 bridgehead atoms. The van der Waals surface area contributed by atoms with Gasteiger partial charge in [-0.15, -0.1) is 0 Å². The van der Waals surface area contributed by atoms with Crippen LogP contribution in [0.15, 0.2) is 0 Å². The van der Waals surface area contributed by atoms with E-state index in [4.69, 9.17) is 19.3 Å². The van der Waals surface area contributed by atoms with E-state index in [9.17, 15) is 9.59 Å². The van der Waals surface area contributed by atoms with Crippen LogP contribution in [0.2, 0.25) is 0 Å². The standard InChI is InChI=1S/C13H23NO6/c1-13(2,3)20-12(17)14-6-9(11(15)16)5-10(7-14)19-8-18-4/h9-10H,5-8H2,1-4H3,(H,15,16)/t9-,10+/m1/s1. The molecule has 1 N–H and O–H groups in total. The van der Waals surface area contributed by atoms with Gasteiger partial charge in [-0.2, -0.15) is 0 Å². The summed E-state index contributed by atoms with van der Waals surface area (Å²) in [6, 6.07) is 0. The fraction of sp³-hybridized carbons (Fsp3) is 0.846. The lowest BCUT2D eigenvalue weighted by molar-refractivity contribution is -0.149. The number of aliphatic carboxylic acids is 1. The van der Waals surface area contributed by atoms with Crippen LogP contribution in [0.25, 0.3) is 0 Å². The van der Waals surface area contributed by atoms with Crippen molar-refractivity contribution in [3.8, 4) is 0 Å². The minimum atomic E-state index is -0.940. The summed E-state index contributed by atoms with van der Waals surface area (Å²) in [7, 11) is 1.49. The molecule has 1 fully saturated rings. The Hall–Kier alpha value is -1.34. The fourth-order valence-electron chi connectivity index (χ4n) is 1.99. The minimum Gasteiger partial charge on any atom is -0.481 e. The highest BCUT2D eigenvalue weighted by atomic mass is 16.7. The number of hydrogen-bond donors (Lipinski definition) is 1. The van der Waals surface area contributed by atoms with Crippen LogP contribution >= 0.6 is 0 Å². The second-order valence-electron chi connectivity index (χ2n) is 5.85. The molecule has 1 amide bonds. The van der Waals surface area contributed by atoms with Gasteiger partial charge in [-0.3, -0.25) is 4.79 Å². The van der Waals surface area contributed by atoms with Crippen molar-refractivity contribution in [1.82, 2.24) is 4.90 Å². The molecule has 7 heteroatoms. The number of carboxylic acids is 1. The van der Waals surface area contributed by atoms with Gasteiger partial charge < -0.3 is 24.2 Å². The van der Waals surface area contributed by atoms with Gasteiger partial charge >= 0.3 is 12.1 Å².